The first-order chi connectivity index (χ1) is 13.2. The lowest BCUT2D eigenvalue weighted by Crippen LogP contribution is -2.10. The van der Waals surface area contributed by atoms with Gasteiger partial charge >= 0.3 is 5.97 Å². The summed E-state index contributed by atoms with van der Waals surface area (Å²) in [4.78, 5) is 11.0. The van der Waals surface area contributed by atoms with Crippen LogP contribution in [0.5, 0.6) is 5.75 Å². The first-order valence-electron chi connectivity index (χ1n) is 8.94. The Labute approximate surface area is 158 Å². The Balaban J connectivity index is 1.63. The lowest BCUT2D eigenvalue weighted by atomic mass is 10.1. The van der Waals surface area contributed by atoms with Crippen LogP contribution in [0.4, 0.5) is 0 Å². The molecule has 0 spiro atoms. The van der Waals surface area contributed by atoms with Gasteiger partial charge in [0.15, 0.2) is 0 Å². The van der Waals surface area contributed by atoms with Gasteiger partial charge in [-0.1, -0.05) is 24.3 Å². The van der Waals surface area contributed by atoms with Crippen molar-refractivity contribution < 1.29 is 19.4 Å². The molecule has 0 fully saturated rings. The van der Waals surface area contributed by atoms with E-state index in [-0.39, 0.29) is 6.42 Å². The van der Waals surface area contributed by atoms with Crippen molar-refractivity contribution >= 4 is 5.97 Å². The van der Waals surface area contributed by atoms with Crippen molar-refractivity contribution in [2.45, 2.75) is 26.1 Å². The fourth-order valence-corrected chi connectivity index (χ4v) is 2.89. The second-order valence-corrected chi connectivity index (χ2v) is 6.16. The molecule has 0 saturated heterocycles. The number of nitrogens with zero attached hydrogens (tertiary/aromatic N) is 1. The van der Waals surface area contributed by atoms with Crippen LogP contribution in [0.15, 0.2) is 73.1 Å². The van der Waals surface area contributed by atoms with Crippen LogP contribution in [0.2, 0.25) is 0 Å². The van der Waals surface area contributed by atoms with Gasteiger partial charge in [0.05, 0.1) is 12.5 Å². The maximum Gasteiger partial charge on any atom is 0.306 e. The summed E-state index contributed by atoms with van der Waals surface area (Å²) in [5.74, 6) is -0.146. The van der Waals surface area contributed by atoms with E-state index in [4.69, 9.17) is 14.6 Å². The van der Waals surface area contributed by atoms with Gasteiger partial charge in [0.1, 0.15) is 12.4 Å². The number of aromatic nitrogens is 1. The minimum Gasteiger partial charge on any atom is -0.489 e. The summed E-state index contributed by atoms with van der Waals surface area (Å²) in [6.07, 6.45) is 3.51. The van der Waals surface area contributed by atoms with Crippen LogP contribution in [-0.4, -0.2) is 22.2 Å². The molecular formula is C22H23NO4. The number of hydrogen-bond acceptors (Lipinski definition) is 3. The van der Waals surface area contributed by atoms with Crippen LogP contribution >= 0.6 is 0 Å². The van der Waals surface area contributed by atoms with Gasteiger partial charge < -0.3 is 19.1 Å². The molecule has 0 aliphatic rings. The molecule has 0 bridgehead atoms. The minimum absolute atomic E-state index is 0.0553. The summed E-state index contributed by atoms with van der Waals surface area (Å²) in [6.45, 7) is 2.78. The molecule has 1 aromatic heterocycles. The van der Waals surface area contributed by atoms with Gasteiger partial charge in [0.2, 0.25) is 0 Å². The summed E-state index contributed by atoms with van der Waals surface area (Å²) in [5, 5.41) is 9.02. The first kappa shape index (κ1) is 18.7. The summed E-state index contributed by atoms with van der Waals surface area (Å²) in [5.41, 5.74) is 2.99. The number of aliphatic carboxylic acids is 1. The summed E-state index contributed by atoms with van der Waals surface area (Å²) in [6, 6.07) is 19.6. The molecule has 1 N–H and O–H groups in total. The molecule has 0 saturated carbocycles. The highest BCUT2D eigenvalue weighted by Crippen LogP contribution is 2.24. The molecule has 3 rings (SSSR count). The molecular weight excluding hydrogens is 342 g/mol. The molecule has 0 aliphatic carbocycles. The second kappa shape index (κ2) is 9.05. The number of carboxylic acid groups (broad SMARTS) is 1. The smallest absolute Gasteiger partial charge is 0.306 e. The van der Waals surface area contributed by atoms with E-state index in [9.17, 15) is 4.79 Å². The van der Waals surface area contributed by atoms with Crippen molar-refractivity contribution in [3.05, 3.63) is 84.2 Å². The highest BCUT2D eigenvalue weighted by Gasteiger charge is 2.15. The summed E-state index contributed by atoms with van der Waals surface area (Å²) in [7, 11) is 0. The lowest BCUT2D eigenvalue weighted by Gasteiger charge is -2.16. The number of hydrogen-bond donors (Lipinski definition) is 1. The lowest BCUT2D eigenvalue weighted by molar-refractivity contribution is -0.140. The third-order valence-corrected chi connectivity index (χ3v) is 4.20. The van der Waals surface area contributed by atoms with E-state index < -0.39 is 12.1 Å². The van der Waals surface area contributed by atoms with E-state index in [1.54, 1.807) is 0 Å². The molecule has 3 aromatic rings. The van der Waals surface area contributed by atoms with Crippen LogP contribution in [-0.2, 0) is 16.1 Å². The van der Waals surface area contributed by atoms with Gasteiger partial charge in [0.25, 0.3) is 0 Å². The molecule has 0 amide bonds. The van der Waals surface area contributed by atoms with Crippen molar-refractivity contribution in [2.24, 2.45) is 0 Å². The highest BCUT2D eigenvalue weighted by atomic mass is 16.5. The largest absolute Gasteiger partial charge is 0.489 e. The van der Waals surface area contributed by atoms with Gasteiger partial charge in [-0.2, -0.15) is 0 Å². The zero-order chi connectivity index (χ0) is 19.1. The van der Waals surface area contributed by atoms with Crippen molar-refractivity contribution in [3.8, 4) is 11.4 Å². The minimum atomic E-state index is -0.878. The molecule has 5 nitrogen and oxygen atoms in total. The maximum absolute atomic E-state index is 11.0. The maximum atomic E-state index is 11.0. The first-order valence-corrected chi connectivity index (χ1v) is 8.94. The number of ether oxygens (including phenoxy) is 2. The van der Waals surface area contributed by atoms with E-state index >= 15 is 0 Å². The molecule has 5 heteroatoms. The third kappa shape index (κ3) is 5.21. The highest BCUT2D eigenvalue weighted by molar-refractivity contribution is 5.67. The van der Waals surface area contributed by atoms with Crippen molar-refractivity contribution in [1.82, 2.24) is 4.57 Å². The van der Waals surface area contributed by atoms with Crippen LogP contribution < -0.4 is 4.74 Å². The number of benzene rings is 2. The average Bonchev–Trinajstić information content (AvgIpc) is 3.21. The van der Waals surface area contributed by atoms with E-state index in [0.29, 0.717) is 13.2 Å². The van der Waals surface area contributed by atoms with Gasteiger partial charge in [-0.05, 0) is 54.4 Å². The average molecular weight is 365 g/mol. The van der Waals surface area contributed by atoms with Crippen molar-refractivity contribution in [2.75, 3.05) is 6.61 Å². The van der Waals surface area contributed by atoms with Crippen LogP contribution in [0.25, 0.3) is 5.69 Å². The molecule has 0 aliphatic heterocycles. The summed E-state index contributed by atoms with van der Waals surface area (Å²) < 4.78 is 13.5. The fourth-order valence-electron chi connectivity index (χ4n) is 2.89. The van der Waals surface area contributed by atoms with Gasteiger partial charge in [-0.25, -0.2) is 0 Å². The van der Waals surface area contributed by atoms with Crippen LogP contribution in [0, 0.1) is 0 Å². The normalized spacial score (nSPS) is 11.9. The van der Waals surface area contributed by atoms with Gasteiger partial charge in [-0.15, -0.1) is 0 Å². The van der Waals surface area contributed by atoms with Crippen LogP contribution in [0.1, 0.15) is 30.6 Å². The number of carbonyl (C=O) groups is 1. The Morgan fingerprint density at radius 3 is 2.48 bits per heavy atom. The second-order valence-electron chi connectivity index (χ2n) is 6.16. The Bertz CT molecular complexity index is 856. The third-order valence-electron chi connectivity index (χ3n) is 4.20. The van der Waals surface area contributed by atoms with E-state index in [1.807, 2.05) is 67.8 Å². The Morgan fingerprint density at radius 1 is 1.07 bits per heavy atom. The quantitative estimate of drug-likeness (QED) is 0.602. The van der Waals surface area contributed by atoms with Crippen LogP contribution in [0.3, 0.4) is 0 Å². The SMILES string of the molecule is CCOC(CC(=O)O)c1ccc(OCc2cccc(-n3cccc3)c2)cc1. The molecule has 2 aromatic carbocycles. The van der Waals surface area contributed by atoms with Gasteiger partial charge in [0, 0.05) is 24.7 Å². The molecule has 1 heterocycles. The van der Waals surface area contributed by atoms with E-state index in [1.165, 1.54) is 0 Å². The monoisotopic (exact) mass is 365 g/mol. The fraction of sp³-hybridized carbons (Fsp3) is 0.227. The van der Waals surface area contributed by atoms with Gasteiger partial charge in [-0.3, -0.25) is 4.79 Å². The number of carboxylic acids is 1. The Morgan fingerprint density at radius 2 is 1.81 bits per heavy atom. The van der Waals surface area contributed by atoms with E-state index in [0.717, 1.165) is 22.6 Å². The standard InChI is InChI=1S/C22H23NO4/c1-2-26-21(15-22(24)25)18-8-10-20(11-9-18)27-16-17-6-5-7-19(14-17)23-12-3-4-13-23/h3-14,21H,2,15-16H2,1H3,(H,24,25). The van der Waals surface area contributed by atoms with E-state index in [2.05, 4.69) is 16.7 Å². The van der Waals surface area contributed by atoms with Crippen molar-refractivity contribution in [3.63, 3.8) is 0 Å². The number of rotatable bonds is 9. The molecule has 0 radical (unpaired) electrons. The Hall–Kier alpha value is -3.05. The molecule has 1 unspecified atom stereocenters. The zero-order valence-corrected chi connectivity index (χ0v) is 15.2. The summed E-state index contributed by atoms with van der Waals surface area (Å²) >= 11 is 0. The molecule has 1 atom stereocenters. The predicted molar refractivity (Wildman–Crippen MR) is 103 cm³/mol. The topological polar surface area (TPSA) is 60.7 Å². The van der Waals surface area contributed by atoms with Crippen molar-refractivity contribution in [1.29, 1.82) is 0 Å². The zero-order valence-electron chi connectivity index (χ0n) is 15.2. The Kier molecular flexibility index (Phi) is 6.28. The predicted octanol–water partition coefficient (Wildman–Crippen LogP) is 4.61. The molecule has 27 heavy (non-hydrogen) atoms. The molecule has 140 valence electrons.